The molecule has 164 valence electrons. The summed E-state index contributed by atoms with van der Waals surface area (Å²) in [5, 5.41) is 0.729. The molecule has 4 rings (SSSR count). The molecule has 3 aromatic rings. The van der Waals surface area contributed by atoms with Gasteiger partial charge in [-0.05, 0) is 78.5 Å². The third kappa shape index (κ3) is 5.87. The predicted molar refractivity (Wildman–Crippen MR) is 135 cm³/mol. The van der Waals surface area contributed by atoms with Crippen LogP contribution in [-0.4, -0.2) is 30.9 Å². The first-order valence-electron chi connectivity index (χ1n) is 11.2. The maximum atomic E-state index is 12.7. The molecule has 1 saturated heterocycles. The minimum Gasteiger partial charge on any atom is -0.312 e. The molecular weight excluding hydrogens is 416 g/mol. The van der Waals surface area contributed by atoms with E-state index < -0.39 is 0 Å². The highest BCUT2D eigenvalue weighted by Gasteiger charge is 2.11. The van der Waals surface area contributed by atoms with Crippen LogP contribution in [0.5, 0.6) is 0 Å². The molecule has 1 aliphatic heterocycles. The number of anilines is 1. The Hall–Kier alpha value is -2.88. The largest absolute Gasteiger partial charge is 0.312 e. The van der Waals surface area contributed by atoms with Crippen LogP contribution in [0.15, 0.2) is 78.9 Å². The summed E-state index contributed by atoms with van der Waals surface area (Å²) in [6.45, 7) is 3.36. The van der Waals surface area contributed by atoms with Gasteiger partial charge in [-0.25, -0.2) is 0 Å². The summed E-state index contributed by atoms with van der Waals surface area (Å²) in [4.78, 5) is 16.8. The lowest BCUT2D eigenvalue weighted by atomic mass is 10.0. The summed E-state index contributed by atoms with van der Waals surface area (Å²) >= 11 is 5.97. The molecule has 0 unspecified atom stereocenters. The van der Waals surface area contributed by atoms with Crippen molar-refractivity contribution in [1.29, 1.82) is 0 Å². The second-order valence-electron chi connectivity index (χ2n) is 8.36. The zero-order valence-corrected chi connectivity index (χ0v) is 19.3. The summed E-state index contributed by atoms with van der Waals surface area (Å²) in [6.07, 6.45) is 7.42. The van der Waals surface area contributed by atoms with Crippen LogP contribution in [0, 0.1) is 0 Å². The number of piperidine rings is 1. The quantitative estimate of drug-likeness (QED) is 0.396. The lowest BCUT2D eigenvalue weighted by Crippen LogP contribution is -2.29. The molecule has 0 N–H and O–H groups in total. The number of benzene rings is 3. The molecule has 1 amide bonds. The number of likely N-dealkylation sites (N-methyl/N-ethyl adjacent to an activating group) is 1. The summed E-state index contributed by atoms with van der Waals surface area (Å²) < 4.78 is 0. The van der Waals surface area contributed by atoms with Gasteiger partial charge >= 0.3 is 0 Å². The van der Waals surface area contributed by atoms with Gasteiger partial charge in [0.25, 0.3) is 5.91 Å². The van der Waals surface area contributed by atoms with Crippen molar-refractivity contribution in [2.75, 3.05) is 25.0 Å². The summed E-state index contributed by atoms with van der Waals surface area (Å²) in [5.41, 5.74) is 5.42. The molecule has 1 aliphatic rings. The molecule has 0 saturated carbocycles. The Balaban J connectivity index is 1.34. The average molecular weight is 445 g/mol. The Kier molecular flexibility index (Phi) is 7.41. The highest BCUT2D eigenvalue weighted by molar-refractivity contribution is 6.30. The van der Waals surface area contributed by atoms with E-state index in [1.54, 1.807) is 11.0 Å². The molecule has 0 aliphatic carbocycles. The molecule has 0 aromatic heterocycles. The molecule has 3 aromatic carbocycles. The van der Waals surface area contributed by atoms with Crippen molar-refractivity contribution in [2.24, 2.45) is 0 Å². The number of hydrogen-bond donors (Lipinski definition) is 0. The normalized spacial score (nSPS) is 14.6. The van der Waals surface area contributed by atoms with Crippen LogP contribution < -0.4 is 4.90 Å². The molecule has 0 bridgehead atoms. The maximum Gasteiger partial charge on any atom is 0.250 e. The van der Waals surface area contributed by atoms with Crippen molar-refractivity contribution >= 4 is 29.3 Å². The standard InChI is InChI=1S/C28H29ClN2O/c1-30(27-16-7-23(8-17-27)21-31-19-3-2-4-20-31)28(32)18-9-22-5-10-24(11-6-22)25-12-14-26(29)15-13-25/h5-18H,2-4,19-21H2,1H3. The zero-order valence-electron chi connectivity index (χ0n) is 18.5. The van der Waals surface area contributed by atoms with E-state index in [1.807, 2.05) is 61.7 Å². The number of halogens is 1. The van der Waals surface area contributed by atoms with E-state index in [4.69, 9.17) is 11.6 Å². The van der Waals surface area contributed by atoms with Crippen LogP contribution in [0.4, 0.5) is 5.69 Å². The van der Waals surface area contributed by atoms with Crippen molar-refractivity contribution in [3.63, 3.8) is 0 Å². The minimum atomic E-state index is -0.0458. The first-order valence-corrected chi connectivity index (χ1v) is 11.6. The maximum absolute atomic E-state index is 12.7. The molecule has 3 nitrogen and oxygen atoms in total. The van der Waals surface area contributed by atoms with Crippen molar-refractivity contribution in [1.82, 2.24) is 4.90 Å². The molecule has 32 heavy (non-hydrogen) atoms. The molecule has 0 atom stereocenters. The Morgan fingerprint density at radius 1 is 0.875 bits per heavy atom. The lowest BCUT2D eigenvalue weighted by Gasteiger charge is -2.26. The first-order chi connectivity index (χ1) is 15.6. The van der Waals surface area contributed by atoms with Gasteiger partial charge in [0.1, 0.15) is 0 Å². The number of likely N-dealkylation sites (tertiary alicyclic amines) is 1. The van der Waals surface area contributed by atoms with E-state index >= 15 is 0 Å². The van der Waals surface area contributed by atoms with Crippen LogP contribution in [0.3, 0.4) is 0 Å². The fourth-order valence-electron chi connectivity index (χ4n) is 4.04. The topological polar surface area (TPSA) is 23.6 Å². The van der Waals surface area contributed by atoms with E-state index in [9.17, 15) is 4.79 Å². The lowest BCUT2D eigenvalue weighted by molar-refractivity contribution is -0.113. The Morgan fingerprint density at radius 3 is 2.09 bits per heavy atom. The van der Waals surface area contributed by atoms with Crippen LogP contribution in [0.25, 0.3) is 17.2 Å². The number of carbonyl (C=O) groups is 1. The summed E-state index contributed by atoms with van der Waals surface area (Å²) in [5.74, 6) is -0.0458. The Morgan fingerprint density at radius 2 is 1.47 bits per heavy atom. The van der Waals surface area contributed by atoms with Crippen molar-refractivity contribution in [2.45, 2.75) is 25.8 Å². The molecular formula is C28H29ClN2O. The summed E-state index contributed by atoms with van der Waals surface area (Å²) in [6, 6.07) is 24.3. The number of carbonyl (C=O) groups excluding carboxylic acids is 1. The minimum absolute atomic E-state index is 0.0458. The zero-order chi connectivity index (χ0) is 22.3. The van der Waals surface area contributed by atoms with Crippen LogP contribution >= 0.6 is 11.6 Å². The fourth-order valence-corrected chi connectivity index (χ4v) is 4.16. The Bertz CT molecular complexity index is 1050. The number of nitrogens with zero attached hydrogens (tertiary/aromatic N) is 2. The van der Waals surface area contributed by atoms with Gasteiger partial charge in [0, 0.05) is 30.4 Å². The van der Waals surface area contributed by atoms with E-state index in [0.717, 1.165) is 33.9 Å². The average Bonchev–Trinajstić information content (AvgIpc) is 2.84. The fraction of sp³-hybridized carbons (Fsp3) is 0.250. The molecule has 4 heteroatoms. The number of rotatable bonds is 6. The SMILES string of the molecule is CN(C(=O)C=Cc1ccc(-c2ccc(Cl)cc2)cc1)c1ccc(CN2CCCCC2)cc1. The number of hydrogen-bond acceptors (Lipinski definition) is 2. The van der Waals surface area contributed by atoms with E-state index in [-0.39, 0.29) is 5.91 Å². The Labute approximate surface area is 195 Å². The smallest absolute Gasteiger partial charge is 0.250 e. The predicted octanol–water partition coefficient (Wildman–Crippen LogP) is 6.67. The van der Waals surface area contributed by atoms with Crippen molar-refractivity contribution < 1.29 is 4.79 Å². The van der Waals surface area contributed by atoms with Gasteiger partial charge in [0.2, 0.25) is 0 Å². The second kappa shape index (κ2) is 10.6. The third-order valence-corrected chi connectivity index (χ3v) is 6.27. The van der Waals surface area contributed by atoms with Gasteiger partial charge in [0.15, 0.2) is 0 Å². The van der Waals surface area contributed by atoms with E-state index in [1.165, 1.54) is 37.9 Å². The van der Waals surface area contributed by atoms with Crippen molar-refractivity contribution in [3.05, 3.63) is 95.0 Å². The van der Waals surface area contributed by atoms with E-state index in [0.29, 0.717) is 0 Å². The van der Waals surface area contributed by atoms with Gasteiger partial charge in [0.05, 0.1) is 0 Å². The van der Waals surface area contributed by atoms with Crippen LogP contribution in [0.1, 0.15) is 30.4 Å². The van der Waals surface area contributed by atoms with Crippen LogP contribution in [-0.2, 0) is 11.3 Å². The number of amides is 1. The van der Waals surface area contributed by atoms with Crippen LogP contribution in [0.2, 0.25) is 5.02 Å². The molecule has 0 spiro atoms. The third-order valence-electron chi connectivity index (χ3n) is 6.02. The van der Waals surface area contributed by atoms with Gasteiger partial charge in [-0.1, -0.05) is 66.6 Å². The highest BCUT2D eigenvalue weighted by Crippen LogP contribution is 2.22. The van der Waals surface area contributed by atoms with Gasteiger partial charge in [-0.15, -0.1) is 0 Å². The van der Waals surface area contributed by atoms with Gasteiger partial charge in [-0.3, -0.25) is 9.69 Å². The van der Waals surface area contributed by atoms with Gasteiger partial charge < -0.3 is 4.90 Å². The second-order valence-corrected chi connectivity index (χ2v) is 8.80. The molecule has 1 fully saturated rings. The van der Waals surface area contributed by atoms with Crippen molar-refractivity contribution in [3.8, 4) is 11.1 Å². The highest BCUT2D eigenvalue weighted by atomic mass is 35.5. The van der Waals surface area contributed by atoms with Gasteiger partial charge in [-0.2, -0.15) is 0 Å². The molecule has 1 heterocycles. The monoisotopic (exact) mass is 444 g/mol. The first kappa shape index (κ1) is 22.3. The van der Waals surface area contributed by atoms with E-state index in [2.05, 4.69) is 29.2 Å². The molecule has 0 radical (unpaired) electrons. The summed E-state index contributed by atoms with van der Waals surface area (Å²) in [7, 11) is 1.82.